The van der Waals surface area contributed by atoms with E-state index in [1.807, 2.05) is 30.3 Å². The van der Waals surface area contributed by atoms with E-state index in [-0.39, 0.29) is 25.9 Å². The number of carbonyl (C=O) groups excluding carboxylic acids is 1. The summed E-state index contributed by atoms with van der Waals surface area (Å²) in [6.45, 7) is -0.525. The molecule has 0 aliphatic rings. The number of hydrogen-bond acceptors (Lipinski definition) is 7. The first kappa shape index (κ1) is 24.1. The topological polar surface area (TPSA) is 92.3 Å². The Morgan fingerprint density at radius 3 is 2.45 bits per heavy atom. The summed E-state index contributed by atoms with van der Waals surface area (Å²) >= 11 is 20.7. The van der Waals surface area contributed by atoms with Crippen molar-refractivity contribution in [2.45, 2.75) is 10.1 Å². The van der Waals surface area contributed by atoms with Crippen LogP contribution in [0.3, 0.4) is 0 Å². The number of thioether (sulfide) groups is 1. The Balaban J connectivity index is 1.68. The minimum Gasteiger partial charge on any atom is -0.299 e. The molecular formula is C18H15Cl3N4O3S3. The van der Waals surface area contributed by atoms with Gasteiger partial charge in [-0.1, -0.05) is 88.2 Å². The maximum atomic E-state index is 12.5. The predicted octanol–water partition coefficient (Wildman–Crippen LogP) is 5.20. The number of halogens is 3. The lowest BCUT2D eigenvalue weighted by atomic mass is 10.2. The lowest BCUT2D eigenvalue weighted by Crippen LogP contribution is -2.37. The van der Waals surface area contributed by atoms with Crippen LogP contribution >= 0.6 is 57.9 Å². The third-order valence-corrected chi connectivity index (χ3v) is 8.00. The lowest BCUT2D eigenvalue weighted by Gasteiger charge is -2.23. The highest BCUT2D eigenvalue weighted by Crippen LogP contribution is 2.35. The fourth-order valence-electron chi connectivity index (χ4n) is 2.41. The van der Waals surface area contributed by atoms with Crippen LogP contribution in [0.2, 0.25) is 15.1 Å². The molecule has 0 bridgehead atoms. The van der Waals surface area contributed by atoms with Crippen LogP contribution in [0.4, 0.5) is 10.8 Å². The van der Waals surface area contributed by atoms with Crippen molar-refractivity contribution >= 4 is 84.7 Å². The van der Waals surface area contributed by atoms with Gasteiger partial charge in [0.2, 0.25) is 21.1 Å². The third kappa shape index (κ3) is 6.71. The van der Waals surface area contributed by atoms with E-state index >= 15 is 0 Å². The van der Waals surface area contributed by atoms with Gasteiger partial charge in [0.05, 0.1) is 27.0 Å². The zero-order valence-corrected chi connectivity index (χ0v) is 20.6. The Kier molecular flexibility index (Phi) is 8.06. The van der Waals surface area contributed by atoms with E-state index in [4.69, 9.17) is 34.8 Å². The number of amides is 1. The molecule has 2 aromatic carbocycles. The second-order valence-corrected chi connectivity index (χ2v) is 11.5. The SMILES string of the molecule is CS(=O)(=O)N(CC(=O)Nc1nnc(SCc2ccccc2)s1)c1cc(Cl)c(Cl)cc1Cl. The van der Waals surface area contributed by atoms with Gasteiger partial charge in [0, 0.05) is 5.75 Å². The standard InChI is InChI=1S/C18H15Cl3N4O3S3/c1-31(27,28)25(15-8-13(20)12(19)7-14(15)21)9-16(26)22-17-23-24-18(30-17)29-10-11-5-3-2-4-6-11/h2-8H,9-10H2,1H3,(H,22,23,26). The molecule has 13 heteroatoms. The summed E-state index contributed by atoms with van der Waals surface area (Å²) in [6, 6.07) is 12.5. The Morgan fingerprint density at radius 2 is 1.77 bits per heavy atom. The van der Waals surface area contributed by atoms with Gasteiger partial charge in [-0.2, -0.15) is 0 Å². The smallest absolute Gasteiger partial charge is 0.246 e. The molecule has 1 aromatic heterocycles. The molecule has 0 unspecified atom stereocenters. The molecule has 3 aromatic rings. The van der Waals surface area contributed by atoms with Gasteiger partial charge < -0.3 is 0 Å². The molecule has 0 fully saturated rings. The summed E-state index contributed by atoms with van der Waals surface area (Å²) in [5.41, 5.74) is 1.18. The summed E-state index contributed by atoms with van der Waals surface area (Å²) in [4.78, 5) is 12.5. The van der Waals surface area contributed by atoms with Gasteiger partial charge >= 0.3 is 0 Å². The molecule has 1 amide bonds. The molecule has 7 nitrogen and oxygen atoms in total. The maximum Gasteiger partial charge on any atom is 0.246 e. The second kappa shape index (κ2) is 10.4. The highest BCUT2D eigenvalue weighted by molar-refractivity contribution is 8.00. The zero-order valence-electron chi connectivity index (χ0n) is 15.9. The number of sulfonamides is 1. The average Bonchev–Trinajstić information content (AvgIpc) is 3.15. The quantitative estimate of drug-likeness (QED) is 0.241. The average molecular weight is 538 g/mol. The number of nitrogens with zero attached hydrogens (tertiary/aromatic N) is 3. The van der Waals surface area contributed by atoms with Gasteiger partial charge in [-0.25, -0.2) is 8.42 Å². The van der Waals surface area contributed by atoms with Gasteiger partial charge in [0.1, 0.15) is 6.54 Å². The first-order valence-corrected chi connectivity index (χ1v) is 13.3. The van der Waals surface area contributed by atoms with E-state index in [1.54, 1.807) is 0 Å². The van der Waals surface area contributed by atoms with Crippen LogP contribution in [0.1, 0.15) is 5.56 Å². The first-order valence-electron chi connectivity index (χ1n) is 8.56. The van der Waals surface area contributed by atoms with E-state index in [1.165, 1.54) is 35.2 Å². The molecule has 3 rings (SSSR count). The van der Waals surface area contributed by atoms with Crippen molar-refractivity contribution < 1.29 is 13.2 Å². The van der Waals surface area contributed by atoms with E-state index in [0.717, 1.165) is 16.1 Å². The fraction of sp³-hybridized carbons (Fsp3) is 0.167. The van der Waals surface area contributed by atoms with Gasteiger partial charge in [-0.15, -0.1) is 10.2 Å². The zero-order chi connectivity index (χ0) is 22.6. The minimum absolute atomic E-state index is 0.0446. The van der Waals surface area contributed by atoms with Crippen molar-refractivity contribution in [3.05, 3.63) is 63.1 Å². The van der Waals surface area contributed by atoms with E-state index in [2.05, 4.69) is 15.5 Å². The Labute approximate surface area is 202 Å². The van der Waals surface area contributed by atoms with Crippen LogP contribution < -0.4 is 9.62 Å². The van der Waals surface area contributed by atoms with Gasteiger partial charge in [-0.3, -0.25) is 14.4 Å². The summed E-state index contributed by atoms with van der Waals surface area (Å²) in [6.07, 6.45) is 0.961. The molecule has 0 spiro atoms. The van der Waals surface area contributed by atoms with Crippen molar-refractivity contribution in [2.24, 2.45) is 0 Å². The molecular weight excluding hydrogens is 523 g/mol. The summed E-state index contributed by atoms with van der Waals surface area (Å²) in [5.74, 6) is 0.101. The van der Waals surface area contributed by atoms with Crippen molar-refractivity contribution in [3.63, 3.8) is 0 Å². The number of benzene rings is 2. The number of nitrogens with one attached hydrogen (secondary N) is 1. The Bertz CT molecular complexity index is 1190. The largest absolute Gasteiger partial charge is 0.299 e. The molecule has 0 saturated heterocycles. The van der Waals surface area contributed by atoms with Crippen LogP contribution in [0.25, 0.3) is 0 Å². The summed E-state index contributed by atoms with van der Waals surface area (Å²) in [5, 5.41) is 11.1. The second-order valence-electron chi connectivity index (χ2n) is 6.18. The monoisotopic (exact) mass is 536 g/mol. The molecule has 1 N–H and O–H groups in total. The van der Waals surface area contributed by atoms with Crippen molar-refractivity contribution in [1.29, 1.82) is 0 Å². The maximum absolute atomic E-state index is 12.5. The van der Waals surface area contributed by atoms with Crippen LogP contribution in [-0.4, -0.2) is 37.3 Å². The molecule has 164 valence electrons. The predicted molar refractivity (Wildman–Crippen MR) is 128 cm³/mol. The van der Waals surface area contributed by atoms with Gasteiger partial charge in [-0.05, 0) is 17.7 Å². The summed E-state index contributed by atoms with van der Waals surface area (Å²) < 4.78 is 26.1. The number of aromatic nitrogens is 2. The minimum atomic E-state index is -3.84. The fourth-order valence-corrected chi connectivity index (χ4v) is 5.69. The van der Waals surface area contributed by atoms with Crippen molar-refractivity contribution in [1.82, 2.24) is 10.2 Å². The highest BCUT2D eigenvalue weighted by Gasteiger charge is 2.24. The molecule has 1 heterocycles. The Morgan fingerprint density at radius 1 is 1.10 bits per heavy atom. The molecule has 0 atom stereocenters. The lowest BCUT2D eigenvalue weighted by molar-refractivity contribution is -0.114. The normalized spacial score (nSPS) is 11.4. The van der Waals surface area contributed by atoms with Crippen LogP contribution in [-0.2, 0) is 20.6 Å². The molecule has 0 aliphatic carbocycles. The first-order chi connectivity index (χ1) is 14.6. The molecule has 0 aliphatic heterocycles. The highest BCUT2D eigenvalue weighted by atomic mass is 35.5. The molecule has 0 saturated carbocycles. The Hall–Kier alpha value is -1.56. The van der Waals surface area contributed by atoms with E-state index in [0.29, 0.717) is 10.1 Å². The van der Waals surface area contributed by atoms with Gasteiger partial charge in [0.15, 0.2) is 4.34 Å². The molecule has 31 heavy (non-hydrogen) atoms. The van der Waals surface area contributed by atoms with Crippen LogP contribution in [0, 0.1) is 0 Å². The van der Waals surface area contributed by atoms with Crippen molar-refractivity contribution in [2.75, 3.05) is 22.4 Å². The summed E-state index contributed by atoms with van der Waals surface area (Å²) in [7, 11) is -3.84. The number of rotatable bonds is 8. The van der Waals surface area contributed by atoms with Gasteiger partial charge in [0.25, 0.3) is 0 Å². The van der Waals surface area contributed by atoms with Crippen LogP contribution in [0.5, 0.6) is 0 Å². The molecule has 0 radical (unpaired) electrons. The van der Waals surface area contributed by atoms with Crippen LogP contribution in [0.15, 0.2) is 46.8 Å². The van der Waals surface area contributed by atoms with Crippen molar-refractivity contribution in [3.8, 4) is 0 Å². The van der Waals surface area contributed by atoms with E-state index in [9.17, 15) is 13.2 Å². The number of hydrogen-bond donors (Lipinski definition) is 1. The third-order valence-electron chi connectivity index (χ3n) is 3.80. The number of anilines is 2. The van der Waals surface area contributed by atoms with E-state index < -0.39 is 22.5 Å². The number of carbonyl (C=O) groups is 1.